The standard InChI is InChI=1S/C9H14O2PSi/c1-13(2,3)11-12(10)9-7-5-4-6-8-9/h4-8H,1-3H3/q+1. The molecule has 1 unspecified atom stereocenters. The number of benzene rings is 1. The van der Waals surface area contributed by atoms with E-state index in [1.165, 1.54) is 0 Å². The third-order valence-electron chi connectivity index (χ3n) is 1.32. The van der Waals surface area contributed by atoms with E-state index in [2.05, 4.69) is 0 Å². The van der Waals surface area contributed by atoms with Crippen LogP contribution >= 0.6 is 8.03 Å². The molecule has 0 heterocycles. The molecule has 1 aromatic carbocycles. The van der Waals surface area contributed by atoms with Gasteiger partial charge < -0.3 is 0 Å². The first-order valence-corrected chi connectivity index (χ1v) is 8.79. The van der Waals surface area contributed by atoms with Gasteiger partial charge in [0.25, 0.3) is 8.32 Å². The molecule has 0 saturated carbocycles. The molecule has 0 aliphatic carbocycles. The van der Waals surface area contributed by atoms with Gasteiger partial charge >= 0.3 is 8.03 Å². The molecule has 0 N–H and O–H groups in total. The maximum Gasteiger partial charge on any atom is 0.536 e. The highest BCUT2D eigenvalue weighted by Gasteiger charge is 2.31. The minimum atomic E-state index is -1.69. The Labute approximate surface area is 80.9 Å². The average molecular weight is 213 g/mol. The van der Waals surface area contributed by atoms with Crippen molar-refractivity contribution in [1.29, 1.82) is 0 Å². The smallest absolute Gasteiger partial charge is 0.198 e. The van der Waals surface area contributed by atoms with Crippen molar-refractivity contribution < 1.29 is 8.78 Å². The lowest BCUT2D eigenvalue weighted by molar-refractivity contribution is 0.514. The summed E-state index contributed by atoms with van der Waals surface area (Å²) >= 11 is 0. The van der Waals surface area contributed by atoms with E-state index in [1.807, 2.05) is 50.0 Å². The molecular weight excluding hydrogens is 199 g/mol. The molecule has 0 fully saturated rings. The monoisotopic (exact) mass is 213 g/mol. The predicted molar refractivity (Wildman–Crippen MR) is 58.1 cm³/mol. The van der Waals surface area contributed by atoms with Gasteiger partial charge in [-0.05, 0) is 36.3 Å². The SMILES string of the molecule is C[Si](C)(C)O[P+](=O)c1ccccc1. The third-order valence-corrected chi connectivity index (χ3v) is 4.90. The number of hydrogen-bond donors (Lipinski definition) is 0. The Kier molecular flexibility index (Phi) is 3.37. The molecule has 0 aliphatic rings. The Morgan fingerprint density at radius 1 is 1.15 bits per heavy atom. The molecule has 4 heteroatoms. The summed E-state index contributed by atoms with van der Waals surface area (Å²) in [4.78, 5) is 0. The molecule has 0 aromatic heterocycles. The van der Waals surface area contributed by atoms with Gasteiger partial charge in [-0.2, -0.15) is 4.21 Å². The van der Waals surface area contributed by atoms with Gasteiger partial charge in [0.05, 0.1) is 0 Å². The summed E-state index contributed by atoms with van der Waals surface area (Å²) in [5, 5.41) is 0.778. The molecule has 1 atom stereocenters. The Morgan fingerprint density at radius 3 is 2.15 bits per heavy atom. The fourth-order valence-corrected chi connectivity index (χ4v) is 3.68. The van der Waals surface area contributed by atoms with Crippen LogP contribution in [0, 0.1) is 0 Å². The van der Waals surface area contributed by atoms with Crippen LogP contribution in [0.25, 0.3) is 0 Å². The lowest BCUT2D eigenvalue weighted by Gasteiger charge is -2.05. The van der Waals surface area contributed by atoms with Crippen LogP contribution in [0.5, 0.6) is 0 Å². The molecule has 0 spiro atoms. The highest BCUT2D eigenvalue weighted by atomic mass is 31.1. The first kappa shape index (κ1) is 10.6. The van der Waals surface area contributed by atoms with Crippen LogP contribution in [0.3, 0.4) is 0 Å². The zero-order valence-electron chi connectivity index (χ0n) is 8.15. The third kappa shape index (κ3) is 3.81. The Bertz CT molecular complexity index is 292. The molecule has 0 aliphatic heterocycles. The molecule has 1 aromatic rings. The van der Waals surface area contributed by atoms with Crippen molar-refractivity contribution in [3.8, 4) is 0 Å². The largest absolute Gasteiger partial charge is 0.536 e. The second-order valence-electron chi connectivity index (χ2n) is 3.80. The van der Waals surface area contributed by atoms with Crippen molar-refractivity contribution in [3.05, 3.63) is 30.3 Å². The van der Waals surface area contributed by atoms with Crippen LogP contribution in [-0.4, -0.2) is 8.32 Å². The van der Waals surface area contributed by atoms with Crippen LogP contribution in [0.4, 0.5) is 0 Å². The Morgan fingerprint density at radius 2 is 1.69 bits per heavy atom. The number of rotatable bonds is 3. The summed E-state index contributed by atoms with van der Waals surface area (Å²) in [7, 11) is -3.34. The molecule has 0 bridgehead atoms. The van der Waals surface area contributed by atoms with Crippen molar-refractivity contribution in [2.24, 2.45) is 0 Å². The molecule has 70 valence electrons. The first-order valence-electron chi connectivity index (χ1n) is 4.20. The highest BCUT2D eigenvalue weighted by Crippen LogP contribution is 2.26. The van der Waals surface area contributed by atoms with E-state index in [9.17, 15) is 4.57 Å². The van der Waals surface area contributed by atoms with Gasteiger partial charge in [0.15, 0.2) is 0 Å². The molecule has 0 radical (unpaired) electrons. The molecule has 0 saturated heterocycles. The molecule has 1 rings (SSSR count). The Balaban J connectivity index is 2.71. The minimum Gasteiger partial charge on any atom is -0.198 e. The van der Waals surface area contributed by atoms with E-state index in [0.717, 1.165) is 5.30 Å². The van der Waals surface area contributed by atoms with E-state index in [4.69, 9.17) is 4.21 Å². The van der Waals surface area contributed by atoms with Gasteiger partial charge in [0.1, 0.15) is 0 Å². The van der Waals surface area contributed by atoms with Crippen LogP contribution in [0.15, 0.2) is 30.3 Å². The topological polar surface area (TPSA) is 26.3 Å². The van der Waals surface area contributed by atoms with Gasteiger partial charge in [0.2, 0.25) is 5.30 Å². The van der Waals surface area contributed by atoms with Crippen molar-refractivity contribution in [2.45, 2.75) is 19.6 Å². The van der Waals surface area contributed by atoms with E-state index >= 15 is 0 Å². The summed E-state index contributed by atoms with van der Waals surface area (Å²) in [5.41, 5.74) is 0. The second kappa shape index (κ2) is 4.14. The van der Waals surface area contributed by atoms with E-state index in [-0.39, 0.29) is 0 Å². The lowest BCUT2D eigenvalue weighted by Crippen LogP contribution is -2.22. The maximum absolute atomic E-state index is 11.6. The summed E-state index contributed by atoms with van der Waals surface area (Å²) in [6.07, 6.45) is 0. The average Bonchev–Trinajstić information content (AvgIpc) is 2.03. The van der Waals surface area contributed by atoms with Gasteiger partial charge in [0, 0.05) is 0 Å². The zero-order valence-corrected chi connectivity index (χ0v) is 10.0. The minimum absolute atomic E-state index is 0.778. The van der Waals surface area contributed by atoms with E-state index in [1.54, 1.807) is 0 Å². The van der Waals surface area contributed by atoms with Crippen molar-refractivity contribution in [2.75, 3.05) is 0 Å². The number of hydrogen-bond acceptors (Lipinski definition) is 2. The van der Waals surface area contributed by atoms with Gasteiger partial charge in [-0.3, -0.25) is 0 Å². The predicted octanol–water partition coefficient (Wildman–Crippen LogP) is 2.91. The zero-order chi connectivity index (χ0) is 9.90. The maximum atomic E-state index is 11.6. The Hall–Kier alpha value is -0.503. The van der Waals surface area contributed by atoms with Crippen LogP contribution in [0.2, 0.25) is 19.6 Å². The summed E-state index contributed by atoms with van der Waals surface area (Å²) in [6.45, 7) is 6.09. The fraction of sp³-hybridized carbons (Fsp3) is 0.333. The van der Waals surface area contributed by atoms with Crippen molar-refractivity contribution >= 4 is 21.6 Å². The fourth-order valence-electron chi connectivity index (χ4n) is 0.851. The van der Waals surface area contributed by atoms with Gasteiger partial charge in [-0.15, -0.1) is 0 Å². The van der Waals surface area contributed by atoms with Crippen LogP contribution in [-0.2, 0) is 8.78 Å². The van der Waals surface area contributed by atoms with Crippen molar-refractivity contribution in [1.82, 2.24) is 0 Å². The first-order chi connectivity index (χ1) is 5.99. The van der Waals surface area contributed by atoms with Gasteiger partial charge in [-0.1, -0.05) is 18.2 Å². The second-order valence-corrected chi connectivity index (χ2v) is 9.78. The van der Waals surface area contributed by atoms with Crippen LogP contribution in [0.1, 0.15) is 0 Å². The normalized spacial score (nSPS) is 12.7. The summed E-state index contributed by atoms with van der Waals surface area (Å²) in [5.74, 6) is 0. The lowest BCUT2D eigenvalue weighted by atomic mass is 10.4. The molecular formula is C9H14O2PSi+. The summed E-state index contributed by atoms with van der Waals surface area (Å²) < 4.78 is 17.1. The summed E-state index contributed by atoms with van der Waals surface area (Å²) in [6, 6.07) is 9.31. The van der Waals surface area contributed by atoms with Crippen LogP contribution < -0.4 is 5.30 Å². The van der Waals surface area contributed by atoms with Gasteiger partial charge in [-0.25, -0.2) is 0 Å². The molecule has 2 nitrogen and oxygen atoms in total. The van der Waals surface area contributed by atoms with E-state index < -0.39 is 16.3 Å². The molecule has 0 amide bonds. The molecule has 13 heavy (non-hydrogen) atoms. The highest BCUT2D eigenvalue weighted by molar-refractivity contribution is 7.50. The quantitative estimate of drug-likeness (QED) is 0.570. The van der Waals surface area contributed by atoms with Crippen molar-refractivity contribution in [3.63, 3.8) is 0 Å². The van der Waals surface area contributed by atoms with E-state index in [0.29, 0.717) is 0 Å².